The van der Waals surface area contributed by atoms with Gasteiger partial charge in [-0.05, 0) is 44.1 Å². The van der Waals surface area contributed by atoms with Crippen LogP contribution in [0.4, 0.5) is 0 Å². The number of hydrogen-bond donors (Lipinski definition) is 1. The van der Waals surface area contributed by atoms with Gasteiger partial charge in [-0.15, -0.1) is 0 Å². The van der Waals surface area contributed by atoms with E-state index in [2.05, 4.69) is 10.2 Å². The maximum atomic E-state index is 12.8. The zero-order chi connectivity index (χ0) is 20.2. The first kappa shape index (κ1) is 19.2. The highest BCUT2D eigenvalue weighted by Crippen LogP contribution is 2.31. The summed E-state index contributed by atoms with van der Waals surface area (Å²) in [4.78, 5) is 27.4. The highest BCUT2D eigenvalue weighted by Gasteiger charge is 2.26. The number of carbonyl (C=O) groups is 1. The van der Waals surface area contributed by atoms with Gasteiger partial charge in [0.1, 0.15) is 11.3 Å². The lowest BCUT2D eigenvalue weighted by atomic mass is 10.0. The monoisotopic (exact) mass is 392 g/mol. The van der Waals surface area contributed by atoms with E-state index in [1.165, 1.54) is 6.07 Å². The molecule has 1 aromatic heterocycles. The Morgan fingerprint density at radius 3 is 2.66 bits per heavy atom. The number of likely N-dealkylation sites (tertiary alicyclic amines) is 1. The van der Waals surface area contributed by atoms with Gasteiger partial charge in [-0.2, -0.15) is 0 Å². The lowest BCUT2D eigenvalue weighted by Gasteiger charge is -2.29. The second-order valence-corrected chi connectivity index (χ2v) is 7.18. The molecule has 1 saturated heterocycles. The van der Waals surface area contributed by atoms with Crippen LogP contribution < -0.4 is 15.5 Å². The number of fused-ring (bicyclic) bond motifs is 1. The molecule has 1 atom stereocenters. The lowest BCUT2D eigenvalue weighted by molar-refractivity contribution is 0.0910. The number of methoxy groups -OCH3 is 1. The van der Waals surface area contributed by atoms with E-state index < -0.39 is 5.91 Å². The summed E-state index contributed by atoms with van der Waals surface area (Å²) < 4.78 is 11.2. The topological polar surface area (TPSA) is 71.8 Å². The molecule has 0 spiro atoms. The molecule has 1 N–H and O–H groups in total. The summed E-state index contributed by atoms with van der Waals surface area (Å²) in [5.74, 6) is 0.428. The fraction of sp³-hybridized carbons (Fsp3) is 0.304. The summed E-state index contributed by atoms with van der Waals surface area (Å²) in [5.41, 5.74) is 1.22. The van der Waals surface area contributed by atoms with Gasteiger partial charge >= 0.3 is 0 Å². The number of hydrogen-bond acceptors (Lipinski definition) is 5. The van der Waals surface area contributed by atoms with Crippen molar-refractivity contribution in [2.24, 2.45) is 0 Å². The Balaban J connectivity index is 1.57. The van der Waals surface area contributed by atoms with E-state index in [0.717, 1.165) is 37.2 Å². The van der Waals surface area contributed by atoms with E-state index >= 15 is 0 Å². The smallest absolute Gasteiger partial charge is 0.287 e. The summed E-state index contributed by atoms with van der Waals surface area (Å²) in [6, 6.07) is 16.0. The fourth-order valence-corrected chi connectivity index (χ4v) is 3.92. The van der Waals surface area contributed by atoms with Crippen molar-refractivity contribution < 1.29 is 13.9 Å². The van der Waals surface area contributed by atoms with Crippen LogP contribution in [-0.2, 0) is 0 Å². The summed E-state index contributed by atoms with van der Waals surface area (Å²) >= 11 is 0. The van der Waals surface area contributed by atoms with Crippen molar-refractivity contribution in [1.82, 2.24) is 10.2 Å². The first-order chi connectivity index (χ1) is 14.2. The number of ether oxygens (including phenoxy) is 1. The minimum Gasteiger partial charge on any atom is -0.496 e. The van der Waals surface area contributed by atoms with Gasteiger partial charge in [-0.1, -0.05) is 30.3 Å². The summed E-state index contributed by atoms with van der Waals surface area (Å²) in [6.07, 6.45) is 2.28. The van der Waals surface area contributed by atoms with E-state index in [1.54, 1.807) is 31.4 Å². The second kappa shape index (κ2) is 8.49. The number of para-hydroxylation sites is 2. The van der Waals surface area contributed by atoms with Crippen LogP contribution in [0, 0.1) is 0 Å². The predicted molar refractivity (Wildman–Crippen MR) is 111 cm³/mol. The average Bonchev–Trinajstić information content (AvgIpc) is 3.28. The van der Waals surface area contributed by atoms with E-state index in [4.69, 9.17) is 9.15 Å². The summed E-state index contributed by atoms with van der Waals surface area (Å²) in [6.45, 7) is 2.35. The van der Waals surface area contributed by atoms with Crippen LogP contribution in [0.3, 0.4) is 0 Å². The van der Waals surface area contributed by atoms with Crippen molar-refractivity contribution in [3.05, 3.63) is 76.1 Å². The number of nitrogens with one attached hydrogen (secondary N) is 1. The molecule has 1 aliphatic heterocycles. The standard InChI is InChI=1S/C23H24N2O4/c1-28-20-10-4-2-8-16(20)18(25-12-6-7-13-25)15-24-23(27)22-14-19(26)17-9-3-5-11-21(17)29-22/h2-5,8-11,14,18H,6-7,12-13,15H2,1H3,(H,24,27)/t18-/m0/s1. The summed E-state index contributed by atoms with van der Waals surface area (Å²) in [5, 5.41) is 3.41. The highest BCUT2D eigenvalue weighted by molar-refractivity contribution is 5.93. The molecule has 6 nitrogen and oxygen atoms in total. The molecule has 150 valence electrons. The van der Waals surface area contributed by atoms with Crippen molar-refractivity contribution >= 4 is 16.9 Å². The van der Waals surface area contributed by atoms with E-state index in [9.17, 15) is 9.59 Å². The number of amides is 1. The zero-order valence-corrected chi connectivity index (χ0v) is 16.4. The number of nitrogens with zero attached hydrogens (tertiary/aromatic N) is 1. The lowest BCUT2D eigenvalue weighted by Crippen LogP contribution is -2.37. The molecular formula is C23H24N2O4. The van der Waals surface area contributed by atoms with Crippen LogP contribution in [0.25, 0.3) is 11.0 Å². The minimum absolute atomic E-state index is 0.00946. The molecule has 2 heterocycles. The Hall–Kier alpha value is -3.12. The molecule has 1 amide bonds. The molecule has 3 aromatic rings. The van der Waals surface area contributed by atoms with Crippen molar-refractivity contribution in [2.75, 3.05) is 26.7 Å². The van der Waals surface area contributed by atoms with Gasteiger partial charge in [0, 0.05) is 18.2 Å². The van der Waals surface area contributed by atoms with Crippen LogP contribution in [-0.4, -0.2) is 37.6 Å². The molecule has 0 aliphatic carbocycles. The third-order valence-corrected chi connectivity index (χ3v) is 5.39. The Bertz CT molecular complexity index is 1070. The largest absolute Gasteiger partial charge is 0.496 e. The van der Waals surface area contributed by atoms with E-state index in [0.29, 0.717) is 17.5 Å². The van der Waals surface area contributed by atoms with Crippen molar-refractivity contribution in [2.45, 2.75) is 18.9 Å². The van der Waals surface area contributed by atoms with E-state index in [-0.39, 0.29) is 17.2 Å². The third-order valence-electron chi connectivity index (χ3n) is 5.39. The summed E-state index contributed by atoms with van der Waals surface area (Å²) in [7, 11) is 1.65. The van der Waals surface area contributed by atoms with Crippen LogP contribution >= 0.6 is 0 Å². The molecule has 2 aromatic carbocycles. The van der Waals surface area contributed by atoms with Crippen LogP contribution in [0.1, 0.15) is 35.0 Å². The molecule has 0 unspecified atom stereocenters. The van der Waals surface area contributed by atoms with Crippen molar-refractivity contribution in [3.8, 4) is 5.75 Å². The van der Waals surface area contributed by atoms with E-state index in [1.807, 2.05) is 24.3 Å². The molecule has 1 fully saturated rings. The Kier molecular flexibility index (Phi) is 5.62. The normalized spacial score (nSPS) is 15.3. The molecule has 0 radical (unpaired) electrons. The number of carbonyl (C=O) groups excluding carboxylic acids is 1. The Labute approximate surface area is 169 Å². The predicted octanol–water partition coefficient (Wildman–Crippen LogP) is 3.37. The molecule has 6 heteroatoms. The Morgan fingerprint density at radius 2 is 1.86 bits per heavy atom. The van der Waals surface area contributed by atoms with Crippen LogP contribution in [0.15, 0.2) is 63.8 Å². The van der Waals surface area contributed by atoms with Crippen LogP contribution in [0.2, 0.25) is 0 Å². The first-order valence-electron chi connectivity index (χ1n) is 9.85. The highest BCUT2D eigenvalue weighted by atomic mass is 16.5. The molecule has 0 saturated carbocycles. The molecule has 4 rings (SSSR count). The van der Waals surface area contributed by atoms with Gasteiger partial charge in [0.25, 0.3) is 5.91 Å². The zero-order valence-electron chi connectivity index (χ0n) is 16.4. The molecule has 0 bridgehead atoms. The third kappa shape index (κ3) is 4.03. The van der Waals surface area contributed by atoms with Crippen molar-refractivity contribution in [3.63, 3.8) is 0 Å². The maximum Gasteiger partial charge on any atom is 0.287 e. The molecule has 29 heavy (non-hydrogen) atoms. The number of rotatable bonds is 6. The second-order valence-electron chi connectivity index (χ2n) is 7.18. The van der Waals surface area contributed by atoms with Gasteiger partial charge in [0.15, 0.2) is 11.2 Å². The SMILES string of the molecule is COc1ccccc1[C@H](CNC(=O)c1cc(=O)c2ccccc2o1)N1CCCC1. The van der Waals surface area contributed by atoms with Gasteiger partial charge in [-0.3, -0.25) is 14.5 Å². The number of benzene rings is 2. The quantitative estimate of drug-likeness (QED) is 0.696. The van der Waals surface area contributed by atoms with Crippen molar-refractivity contribution in [1.29, 1.82) is 0 Å². The first-order valence-corrected chi connectivity index (χ1v) is 9.85. The minimum atomic E-state index is -0.396. The van der Waals surface area contributed by atoms with Gasteiger partial charge in [0.2, 0.25) is 0 Å². The maximum absolute atomic E-state index is 12.8. The van der Waals surface area contributed by atoms with Crippen LogP contribution in [0.5, 0.6) is 5.75 Å². The van der Waals surface area contributed by atoms with Gasteiger partial charge < -0.3 is 14.5 Å². The fourth-order valence-electron chi connectivity index (χ4n) is 3.92. The Morgan fingerprint density at radius 1 is 1.14 bits per heavy atom. The average molecular weight is 392 g/mol. The van der Waals surface area contributed by atoms with Gasteiger partial charge in [-0.25, -0.2) is 0 Å². The molecule has 1 aliphatic rings. The molecular weight excluding hydrogens is 368 g/mol. The van der Waals surface area contributed by atoms with Gasteiger partial charge in [0.05, 0.1) is 18.5 Å².